The molecule has 1 unspecified atom stereocenters. The van der Waals surface area contributed by atoms with Crippen molar-refractivity contribution in [2.45, 2.75) is 13.1 Å². The number of fused-ring (bicyclic) bond motifs is 1. The van der Waals surface area contributed by atoms with Crippen LogP contribution in [-0.4, -0.2) is 23.7 Å². The third-order valence-electron chi connectivity index (χ3n) is 2.38. The molecule has 3 nitrogen and oxygen atoms in total. The zero-order valence-corrected chi connectivity index (χ0v) is 9.69. The van der Waals surface area contributed by atoms with Gasteiger partial charge in [0.2, 0.25) is 0 Å². The van der Waals surface area contributed by atoms with Crippen LogP contribution in [0.3, 0.4) is 0 Å². The lowest BCUT2D eigenvalue weighted by molar-refractivity contribution is 0.0418. The van der Waals surface area contributed by atoms with Gasteiger partial charge in [-0.3, -0.25) is 4.98 Å². The van der Waals surface area contributed by atoms with Gasteiger partial charge in [0.05, 0.1) is 5.56 Å². The molecule has 0 aliphatic rings. The Morgan fingerprint density at radius 3 is 3.00 bits per heavy atom. The van der Waals surface area contributed by atoms with E-state index < -0.39 is 18.0 Å². The number of nitrogens with zero attached hydrogens (tertiary/aromatic N) is 1. The lowest BCUT2D eigenvalue weighted by atomic mass is 10.1. The minimum atomic E-state index is -1.25. The Morgan fingerprint density at radius 1 is 1.50 bits per heavy atom. The van der Waals surface area contributed by atoms with Gasteiger partial charge < -0.3 is 4.74 Å². The van der Waals surface area contributed by atoms with Crippen LogP contribution in [0.5, 0.6) is 0 Å². The van der Waals surface area contributed by atoms with Crippen LogP contribution in [0.15, 0.2) is 30.6 Å². The van der Waals surface area contributed by atoms with Crippen LogP contribution in [0.1, 0.15) is 17.3 Å². The monoisotopic (exact) mass is 251 g/mol. The van der Waals surface area contributed by atoms with Crippen LogP contribution in [-0.2, 0) is 4.74 Å². The number of aromatic nitrogens is 1. The van der Waals surface area contributed by atoms with Crippen molar-refractivity contribution < 1.29 is 18.3 Å². The predicted molar refractivity (Wildman–Crippen MR) is 62.6 cm³/mol. The van der Waals surface area contributed by atoms with E-state index in [1.165, 1.54) is 25.4 Å². The number of halogens is 2. The van der Waals surface area contributed by atoms with E-state index in [9.17, 15) is 13.6 Å². The van der Waals surface area contributed by atoms with Gasteiger partial charge in [0.1, 0.15) is 18.6 Å². The molecule has 1 heterocycles. The topological polar surface area (TPSA) is 39.2 Å². The molecule has 0 aliphatic carbocycles. The maximum atomic E-state index is 13.3. The molecule has 2 aromatic rings. The molecule has 18 heavy (non-hydrogen) atoms. The van der Waals surface area contributed by atoms with Gasteiger partial charge in [0.15, 0.2) is 0 Å². The number of carbonyl (C=O) groups is 1. The van der Waals surface area contributed by atoms with E-state index in [2.05, 4.69) is 4.98 Å². The highest BCUT2D eigenvalue weighted by Crippen LogP contribution is 2.20. The zero-order chi connectivity index (χ0) is 13.1. The molecular weight excluding hydrogens is 240 g/mol. The summed E-state index contributed by atoms with van der Waals surface area (Å²) >= 11 is 0. The summed E-state index contributed by atoms with van der Waals surface area (Å²) in [6, 6.07) is 3.94. The van der Waals surface area contributed by atoms with E-state index >= 15 is 0 Å². The summed E-state index contributed by atoms with van der Waals surface area (Å²) in [5.41, 5.74) is 0.0769. The normalized spacial score (nSPS) is 12.4. The number of hydrogen-bond acceptors (Lipinski definition) is 3. The number of carbonyl (C=O) groups excluding carboxylic acids is 1. The molecule has 0 saturated heterocycles. The third kappa shape index (κ3) is 2.61. The van der Waals surface area contributed by atoms with Gasteiger partial charge >= 0.3 is 5.97 Å². The Bertz CT molecular complexity index is 584. The van der Waals surface area contributed by atoms with E-state index in [0.717, 1.165) is 6.07 Å². The highest BCUT2D eigenvalue weighted by molar-refractivity contribution is 6.04. The Labute approximate surface area is 102 Å². The fourth-order valence-electron chi connectivity index (χ4n) is 1.61. The molecule has 0 amide bonds. The van der Waals surface area contributed by atoms with Crippen LogP contribution in [0.4, 0.5) is 8.78 Å². The predicted octanol–water partition coefficient (Wildman–Crippen LogP) is 2.89. The first-order chi connectivity index (χ1) is 8.58. The Balaban J connectivity index is 2.40. The summed E-state index contributed by atoms with van der Waals surface area (Å²) in [5, 5.41) is 1.03. The molecule has 0 spiro atoms. The summed E-state index contributed by atoms with van der Waals surface area (Å²) in [6.45, 7) is 0.933. The number of pyridine rings is 1. The molecular formula is C13H11F2NO2. The van der Waals surface area contributed by atoms with E-state index in [-0.39, 0.29) is 12.2 Å². The van der Waals surface area contributed by atoms with Gasteiger partial charge in [0.25, 0.3) is 0 Å². The number of esters is 1. The fraction of sp³-hybridized carbons (Fsp3) is 0.231. The second kappa shape index (κ2) is 5.08. The first-order valence-corrected chi connectivity index (χ1v) is 5.42. The van der Waals surface area contributed by atoms with Crippen molar-refractivity contribution in [1.29, 1.82) is 0 Å². The molecule has 0 fully saturated rings. The van der Waals surface area contributed by atoms with Crippen molar-refractivity contribution in [1.82, 2.24) is 4.98 Å². The van der Waals surface area contributed by atoms with Crippen LogP contribution in [0.25, 0.3) is 10.8 Å². The first kappa shape index (κ1) is 12.4. The molecule has 94 valence electrons. The lowest BCUT2D eigenvalue weighted by Crippen LogP contribution is -2.13. The number of hydrogen-bond donors (Lipinski definition) is 0. The third-order valence-corrected chi connectivity index (χ3v) is 2.38. The van der Waals surface area contributed by atoms with Crippen molar-refractivity contribution in [3.63, 3.8) is 0 Å². The van der Waals surface area contributed by atoms with Crippen LogP contribution < -0.4 is 0 Å². The number of benzene rings is 1. The lowest BCUT2D eigenvalue weighted by Gasteiger charge is -2.08. The van der Waals surface area contributed by atoms with Gasteiger partial charge in [-0.05, 0) is 30.5 Å². The van der Waals surface area contributed by atoms with Crippen LogP contribution in [0.2, 0.25) is 0 Å². The summed E-state index contributed by atoms with van der Waals surface area (Å²) in [4.78, 5) is 15.6. The molecule has 1 aromatic heterocycles. The smallest absolute Gasteiger partial charge is 0.338 e. The number of ether oxygens (including phenoxy) is 1. The fourth-order valence-corrected chi connectivity index (χ4v) is 1.61. The molecule has 0 aliphatic heterocycles. The second-order valence-corrected chi connectivity index (χ2v) is 3.93. The van der Waals surface area contributed by atoms with Crippen LogP contribution >= 0.6 is 0 Å². The SMILES string of the molecule is CC(F)COC(=O)c1cc(F)cc2cnccc12. The Morgan fingerprint density at radius 2 is 2.28 bits per heavy atom. The minimum Gasteiger partial charge on any atom is -0.459 e. The van der Waals surface area contributed by atoms with Crippen molar-refractivity contribution >= 4 is 16.7 Å². The van der Waals surface area contributed by atoms with Gasteiger partial charge in [-0.15, -0.1) is 0 Å². The standard InChI is InChI=1S/C13H11F2NO2/c1-8(14)7-18-13(17)12-5-10(15)4-9-6-16-3-2-11(9)12/h2-6,8H,7H2,1H3. The quantitative estimate of drug-likeness (QED) is 0.787. The van der Waals surface area contributed by atoms with Crippen molar-refractivity contribution in [2.75, 3.05) is 6.61 Å². The van der Waals surface area contributed by atoms with Crippen molar-refractivity contribution in [2.24, 2.45) is 0 Å². The molecule has 0 bridgehead atoms. The maximum Gasteiger partial charge on any atom is 0.338 e. The van der Waals surface area contributed by atoms with Gasteiger partial charge in [-0.25, -0.2) is 13.6 Å². The van der Waals surface area contributed by atoms with Crippen molar-refractivity contribution in [3.8, 4) is 0 Å². The van der Waals surface area contributed by atoms with E-state index in [1.54, 1.807) is 6.07 Å². The Hall–Kier alpha value is -2.04. The zero-order valence-electron chi connectivity index (χ0n) is 9.69. The minimum absolute atomic E-state index is 0.0769. The molecule has 0 saturated carbocycles. The van der Waals surface area contributed by atoms with Crippen molar-refractivity contribution in [3.05, 3.63) is 42.0 Å². The maximum absolute atomic E-state index is 13.3. The molecule has 2 rings (SSSR count). The van der Waals surface area contributed by atoms with E-state index in [0.29, 0.717) is 10.8 Å². The Kier molecular flexibility index (Phi) is 3.50. The van der Waals surface area contributed by atoms with Gasteiger partial charge in [0, 0.05) is 17.8 Å². The second-order valence-electron chi connectivity index (χ2n) is 3.93. The summed E-state index contributed by atoms with van der Waals surface area (Å²) < 4.78 is 30.7. The van der Waals surface area contributed by atoms with Gasteiger partial charge in [-0.1, -0.05) is 0 Å². The number of rotatable bonds is 3. The summed E-state index contributed by atoms with van der Waals surface area (Å²) in [5.74, 6) is -1.30. The summed E-state index contributed by atoms with van der Waals surface area (Å²) in [7, 11) is 0. The highest BCUT2D eigenvalue weighted by atomic mass is 19.1. The van der Waals surface area contributed by atoms with E-state index in [4.69, 9.17) is 4.74 Å². The van der Waals surface area contributed by atoms with Gasteiger partial charge in [-0.2, -0.15) is 0 Å². The molecule has 1 aromatic carbocycles. The molecule has 0 radical (unpaired) electrons. The van der Waals surface area contributed by atoms with E-state index in [1.807, 2.05) is 0 Å². The average Bonchev–Trinajstić information content (AvgIpc) is 2.34. The number of alkyl halides is 1. The van der Waals surface area contributed by atoms with Crippen LogP contribution in [0, 0.1) is 5.82 Å². The molecule has 5 heteroatoms. The molecule has 0 N–H and O–H groups in total. The first-order valence-electron chi connectivity index (χ1n) is 5.42. The largest absolute Gasteiger partial charge is 0.459 e. The summed E-state index contributed by atoms with van der Waals surface area (Å²) in [6.07, 6.45) is 1.69. The highest BCUT2D eigenvalue weighted by Gasteiger charge is 2.14. The average molecular weight is 251 g/mol. The molecule has 1 atom stereocenters.